The molecule has 2 aromatic rings. The number of rotatable bonds is 34. The van der Waals surface area contributed by atoms with Gasteiger partial charge in [-0.3, -0.25) is 67.7 Å². The number of nitrogens with one attached hydrogen (secondary N) is 9. The third-order valence-corrected chi connectivity index (χ3v) is 14.9. The number of nitrogens with zero attached hydrogens (tertiary/aromatic N) is 4. The fourth-order valence-corrected chi connectivity index (χ4v) is 9.97. The van der Waals surface area contributed by atoms with Crippen molar-refractivity contribution in [3.8, 4) is 5.75 Å². The molecule has 4 rings (SSSR count). The zero-order valence-corrected chi connectivity index (χ0v) is 52.0. The third kappa shape index (κ3) is 27.9. The van der Waals surface area contributed by atoms with Crippen molar-refractivity contribution in [2.24, 2.45) is 66.6 Å². The highest BCUT2D eigenvalue weighted by Gasteiger charge is 2.40. The van der Waals surface area contributed by atoms with Crippen molar-refractivity contribution >= 4 is 82.9 Å². The molecule has 0 radical (unpaired) electrons. The number of likely N-dealkylation sites (tertiary alicyclic amines) is 1. The lowest BCUT2D eigenvalue weighted by atomic mass is 10.0. The fourth-order valence-electron chi connectivity index (χ4n) is 9.97. The Morgan fingerprint density at radius 2 is 1.15 bits per heavy atom. The minimum atomic E-state index is -1.52. The Labute approximate surface area is 538 Å². The summed E-state index contributed by atoms with van der Waals surface area (Å²) in [6.45, 7) is -0.726. The van der Waals surface area contributed by atoms with Crippen LogP contribution in [0.5, 0.6) is 5.75 Å². The summed E-state index contributed by atoms with van der Waals surface area (Å²) in [5.74, 6) is -9.48. The number of unbranched alkanes of at least 4 members (excludes halogenated alkanes) is 1. The number of aromatic hydroxyl groups is 1. The van der Waals surface area contributed by atoms with Gasteiger partial charge >= 0.3 is 0 Å². The van der Waals surface area contributed by atoms with Gasteiger partial charge in [0.1, 0.15) is 54.1 Å². The summed E-state index contributed by atoms with van der Waals surface area (Å²) in [4.78, 5) is 166. The van der Waals surface area contributed by atoms with Crippen molar-refractivity contribution in [1.82, 2.24) is 52.8 Å². The second kappa shape index (κ2) is 39.9. The molecular weight excluding hydrogens is 1210 g/mol. The summed E-state index contributed by atoms with van der Waals surface area (Å²) in [6, 6.07) is 2.76. The summed E-state index contributed by atoms with van der Waals surface area (Å²) in [5, 5.41) is 33.1. The van der Waals surface area contributed by atoms with Crippen LogP contribution in [0.3, 0.4) is 0 Å². The van der Waals surface area contributed by atoms with Crippen molar-refractivity contribution in [3.05, 3.63) is 77.9 Å². The number of amides is 11. The molecule has 2 heterocycles. The van der Waals surface area contributed by atoms with Gasteiger partial charge in [-0.2, -0.15) is 0 Å². The van der Waals surface area contributed by atoms with Crippen molar-refractivity contribution in [2.75, 3.05) is 45.8 Å². The highest BCUT2D eigenvalue weighted by atomic mass is 16.3. The minimum Gasteiger partial charge on any atom is -0.508 e. The first kappa shape index (κ1) is 75.3. The van der Waals surface area contributed by atoms with E-state index in [1.165, 1.54) is 29.2 Å². The number of aliphatic imine (C=N–C) groups is 3. The lowest BCUT2D eigenvalue weighted by molar-refractivity contribution is -0.142. The lowest BCUT2D eigenvalue weighted by Gasteiger charge is -2.31. The third-order valence-electron chi connectivity index (χ3n) is 14.9. The van der Waals surface area contributed by atoms with Crippen LogP contribution in [0.15, 0.2) is 81.7 Å². The molecule has 9 atom stereocenters. The number of phenols is 1. The maximum atomic E-state index is 14.8. The summed E-state index contributed by atoms with van der Waals surface area (Å²) < 4.78 is 0. The van der Waals surface area contributed by atoms with Gasteiger partial charge in [-0.1, -0.05) is 54.6 Å². The van der Waals surface area contributed by atoms with Gasteiger partial charge in [-0.25, -0.2) is 0 Å². The predicted molar refractivity (Wildman–Crippen MR) is 344 cm³/mol. The first-order valence-corrected chi connectivity index (χ1v) is 30.7. The SMILES string of the molecule is NCCCC[C@H](NC(=O)[C@@H]1CCCN1C(=O)[C@H](CCCN=C(N)N)NC(=O)[C@@H]1C/C=C\C[C@H](NC(=O)[C@H](Cc2ccccc2)NC(=O)CNC(=O)CNC(=O)[C@@H](N)Cc2ccc(O)cc2)C(=O)N[C@@H](CCCN=C(N)N)C(=O)N[C@@H](CCCN=C(N)N)C(=O)N1)C(N)=O. The Bertz CT molecular complexity index is 2970. The van der Waals surface area contributed by atoms with E-state index in [-0.39, 0.29) is 127 Å². The highest BCUT2D eigenvalue weighted by molar-refractivity contribution is 5.99. The van der Waals surface area contributed by atoms with Gasteiger partial charge in [-0.15, -0.1) is 0 Å². The van der Waals surface area contributed by atoms with Crippen LogP contribution in [0.1, 0.15) is 94.6 Å². The fraction of sp³-hybridized carbons (Fsp3) is 0.525. The number of benzene rings is 2. The van der Waals surface area contributed by atoms with Crippen LogP contribution in [0.25, 0.3) is 0 Å². The number of nitrogens with two attached hydrogens (primary N) is 9. The van der Waals surface area contributed by atoms with Gasteiger partial charge in [0.05, 0.1) is 19.1 Å². The molecule has 0 unspecified atom stereocenters. The topological polar surface area (TPSA) is 591 Å². The second-order valence-corrected chi connectivity index (χ2v) is 22.3. The molecule has 34 heteroatoms. The molecule has 510 valence electrons. The molecule has 2 aliphatic heterocycles. The summed E-state index contributed by atoms with van der Waals surface area (Å²) in [6.07, 6.45) is 4.12. The average Bonchev–Trinajstić information content (AvgIpc) is 1.91. The average molecular weight is 1300 g/mol. The molecule has 2 aromatic carbocycles. The molecule has 0 aliphatic carbocycles. The number of guanidine groups is 3. The van der Waals surface area contributed by atoms with Crippen LogP contribution >= 0.6 is 0 Å². The van der Waals surface area contributed by atoms with Crippen molar-refractivity contribution in [3.63, 3.8) is 0 Å². The van der Waals surface area contributed by atoms with Gasteiger partial charge in [0, 0.05) is 32.6 Å². The molecular formula is C59H92N22O12. The van der Waals surface area contributed by atoms with Crippen LogP contribution in [0.2, 0.25) is 0 Å². The minimum absolute atomic E-state index is 0.00505. The van der Waals surface area contributed by atoms with Gasteiger partial charge in [-0.05, 0) is 120 Å². The Morgan fingerprint density at radius 3 is 1.76 bits per heavy atom. The van der Waals surface area contributed by atoms with E-state index in [1.54, 1.807) is 42.5 Å². The number of hydrogen-bond donors (Lipinski definition) is 19. The number of primary amides is 1. The van der Waals surface area contributed by atoms with Crippen LogP contribution in [0.4, 0.5) is 0 Å². The number of carbonyl (C=O) groups excluding carboxylic acids is 11. The van der Waals surface area contributed by atoms with Gasteiger partial charge in [0.25, 0.3) is 0 Å². The maximum Gasteiger partial charge on any atom is 0.245 e. The molecule has 1 saturated heterocycles. The Morgan fingerprint density at radius 1 is 0.591 bits per heavy atom. The first-order valence-electron chi connectivity index (χ1n) is 30.7. The Balaban J connectivity index is 1.67. The van der Waals surface area contributed by atoms with Gasteiger partial charge < -0.3 is 109 Å². The maximum absolute atomic E-state index is 14.8. The zero-order valence-electron chi connectivity index (χ0n) is 52.0. The van der Waals surface area contributed by atoms with Gasteiger partial charge in [0.15, 0.2) is 17.9 Å². The molecule has 2 aliphatic rings. The molecule has 0 bridgehead atoms. The first-order chi connectivity index (χ1) is 44.3. The smallest absolute Gasteiger partial charge is 0.245 e. The largest absolute Gasteiger partial charge is 0.508 e. The Kier molecular flexibility index (Phi) is 32.3. The van der Waals surface area contributed by atoms with E-state index in [0.29, 0.717) is 36.9 Å². The summed E-state index contributed by atoms with van der Waals surface area (Å²) in [7, 11) is 0. The summed E-state index contributed by atoms with van der Waals surface area (Å²) >= 11 is 0. The number of carbonyl (C=O) groups is 11. The quantitative estimate of drug-likeness (QED) is 0.0134. The van der Waals surface area contributed by atoms with Crippen LogP contribution in [0, 0.1) is 0 Å². The number of hydrogen-bond acceptors (Lipinski definition) is 17. The molecule has 0 spiro atoms. The van der Waals surface area contributed by atoms with Crippen molar-refractivity contribution < 1.29 is 57.8 Å². The molecule has 0 aromatic heterocycles. The zero-order chi connectivity index (χ0) is 68.4. The predicted octanol–water partition coefficient (Wildman–Crippen LogP) is -6.75. The lowest BCUT2D eigenvalue weighted by Crippen LogP contribution is -2.60. The van der Waals surface area contributed by atoms with Gasteiger partial charge in [0.2, 0.25) is 65.0 Å². The van der Waals surface area contributed by atoms with E-state index in [4.69, 9.17) is 51.6 Å². The van der Waals surface area contributed by atoms with E-state index >= 15 is 0 Å². The Hall–Kier alpha value is -10.1. The molecule has 1 fully saturated rings. The molecule has 0 saturated carbocycles. The molecule has 28 N–H and O–H groups in total. The molecule has 11 amide bonds. The van der Waals surface area contributed by atoms with E-state index in [0.717, 1.165) is 0 Å². The van der Waals surface area contributed by atoms with Crippen LogP contribution < -0.4 is 99.5 Å². The standard InChI is InChI=1S/C59H92N22O12/c60-25-7-6-14-38(48(62)85)75-55(92)45-20-11-29-81(45)56(93)43(19-10-28-71-59(67)68)80-53(90)40-16-5-4-15-39(50(87)77-42(18-9-27-70-58(65)66)52(89)78-41(51(88)76-40)17-8-26-69-57(63)64)79-54(91)44(31-34-12-2-1-3-13-34)74-47(84)33-72-46(83)32-73-49(86)37(61)30-35-21-23-36(82)24-22-35/h1-5,12-13,21-24,37-45,82H,6-11,14-20,25-33,60-61H2,(H2,62,85)(H,72,83)(H,73,86)(H,74,84)(H,75,92)(H,76,88)(H,77,87)(H,78,89)(H,79,91)(H,80,90)(H4,63,64,69)(H4,65,66,70)(H4,67,68,71)/b5-4-/t37-,38-,39-,40-,41-,42-,43-,44-,45-/m0/s1. The van der Waals surface area contributed by atoms with E-state index < -0.39 is 132 Å². The van der Waals surface area contributed by atoms with Crippen LogP contribution in [-0.4, -0.2) is 193 Å². The molecule has 93 heavy (non-hydrogen) atoms. The summed E-state index contributed by atoms with van der Waals surface area (Å²) in [5.41, 5.74) is 52.0. The van der Waals surface area contributed by atoms with E-state index in [1.807, 2.05) is 0 Å². The van der Waals surface area contributed by atoms with E-state index in [9.17, 15) is 57.8 Å². The van der Waals surface area contributed by atoms with Crippen molar-refractivity contribution in [1.29, 1.82) is 0 Å². The normalized spacial score (nSPS) is 19.1. The van der Waals surface area contributed by atoms with E-state index in [2.05, 4.69) is 62.8 Å². The van der Waals surface area contributed by atoms with Crippen LogP contribution in [-0.2, 0) is 65.6 Å². The monoisotopic (exact) mass is 1300 g/mol. The molecule has 34 nitrogen and oxygen atoms in total. The number of phenolic OH excluding ortho intramolecular Hbond substituents is 1. The van der Waals surface area contributed by atoms with Crippen molar-refractivity contribution in [2.45, 2.75) is 151 Å². The second-order valence-electron chi connectivity index (χ2n) is 22.3. The highest BCUT2D eigenvalue weighted by Crippen LogP contribution is 2.21.